The highest BCUT2D eigenvalue weighted by Gasteiger charge is 2.05. The highest BCUT2D eigenvalue weighted by molar-refractivity contribution is 5.49. The molecule has 0 rings (SSSR count). The van der Waals surface area contributed by atoms with E-state index in [4.69, 9.17) is 0 Å². The molecule has 0 radical (unpaired) electrons. The number of carbonyl (C=O) groups is 1. The summed E-state index contributed by atoms with van der Waals surface area (Å²) in [5.41, 5.74) is 0. The Kier molecular flexibility index (Phi) is 7.06. The van der Waals surface area contributed by atoms with E-state index in [0.717, 1.165) is 31.8 Å². The Bertz CT molecular complexity index is 114. The van der Waals surface area contributed by atoms with Gasteiger partial charge in [-0.2, -0.15) is 0 Å². The molecule has 0 saturated heterocycles. The topological polar surface area (TPSA) is 20.3 Å². The fourth-order valence-electron chi connectivity index (χ4n) is 1.18. The van der Waals surface area contributed by atoms with Crippen LogP contribution in [0.3, 0.4) is 0 Å². The lowest BCUT2D eigenvalue weighted by Gasteiger charge is -2.22. The SMILES string of the molecule is CCC(C)CN(CC)CCC=O. The Morgan fingerprint density at radius 1 is 1.42 bits per heavy atom. The van der Waals surface area contributed by atoms with E-state index >= 15 is 0 Å². The molecule has 0 aromatic rings. The van der Waals surface area contributed by atoms with Crippen LogP contribution in [0.5, 0.6) is 0 Å². The zero-order valence-corrected chi connectivity index (χ0v) is 8.55. The molecular weight excluding hydrogens is 150 g/mol. The number of hydrogen-bond donors (Lipinski definition) is 0. The Balaban J connectivity index is 3.58. The minimum absolute atomic E-state index is 0.671. The predicted molar refractivity (Wildman–Crippen MR) is 52.3 cm³/mol. The first-order chi connectivity index (χ1) is 5.74. The van der Waals surface area contributed by atoms with Crippen LogP contribution in [0.25, 0.3) is 0 Å². The van der Waals surface area contributed by atoms with E-state index in [9.17, 15) is 4.79 Å². The van der Waals surface area contributed by atoms with Crippen molar-refractivity contribution in [2.24, 2.45) is 5.92 Å². The Morgan fingerprint density at radius 2 is 2.08 bits per heavy atom. The van der Waals surface area contributed by atoms with E-state index < -0.39 is 0 Å². The highest BCUT2D eigenvalue weighted by atomic mass is 16.1. The van der Waals surface area contributed by atoms with Crippen LogP contribution in [0.2, 0.25) is 0 Å². The van der Waals surface area contributed by atoms with Crippen LogP contribution in [0.1, 0.15) is 33.6 Å². The van der Waals surface area contributed by atoms with Crippen molar-refractivity contribution in [1.29, 1.82) is 0 Å². The van der Waals surface area contributed by atoms with Gasteiger partial charge in [0, 0.05) is 19.5 Å². The Morgan fingerprint density at radius 3 is 2.50 bits per heavy atom. The van der Waals surface area contributed by atoms with Gasteiger partial charge in [-0.1, -0.05) is 27.2 Å². The number of hydrogen-bond acceptors (Lipinski definition) is 2. The van der Waals surface area contributed by atoms with Gasteiger partial charge in [0.25, 0.3) is 0 Å². The molecule has 0 aromatic carbocycles. The van der Waals surface area contributed by atoms with Crippen LogP contribution in [-0.2, 0) is 4.79 Å². The molecule has 1 atom stereocenters. The monoisotopic (exact) mass is 171 g/mol. The lowest BCUT2D eigenvalue weighted by Crippen LogP contribution is -2.29. The predicted octanol–water partition coefficient (Wildman–Crippen LogP) is 1.94. The molecule has 1 unspecified atom stereocenters. The smallest absolute Gasteiger partial charge is 0.121 e. The molecule has 0 bridgehead atoms. The van der Waals surface area contributed by atoms with Crippen LogP contribution >= 0.6 is 0 Å². The molecule has 0 N–H and O–H groups in total. The van der Waals surface area contributed by atoms with Crippen molar-refractivity contribution in [3.8, 4) is 0 Å². The van der Waals surface area contributed by atoms with Crippen LogP contribution in [0, 0.1) is 5.92 Å². The van der Waals surface area contributed by atoms with Gasteiger partial charge in [-0.3, -0.25) is 0 Å². The van der Waals surface area contributed by atoms with Crippen LogP contribution in [0.4, 0.5) is 0 Å². The highest BCUT2D eigenvalue weighted by Crippen LogP contribution is 2.03. The van der Waals surface area contributed by atoms with E-state index in [1.54, 1.807) is 0 Å². The summed E-state index contributed by atoms with van der Waals surface area (Å²) >= 11 is 0. The normalized spacial score (nSPS) is 13.3. The molecule has 0 amide bonds. The van der Waals surface area contributed by atoms with Gasteiger partial charge in [-0.05, 0) is 12.5 Å². The average molecular weight is 171 g/mol. The van der Waals surface area contributed by atoms with Crippen molar-refractivity contribution in [2.75, 3.05) is 19.6 Å². The number of nitrogens with zero attached hydrogens (tertiary/aromatic N) is 1. The van der Waals surface area contributed by atoms with Gasteiger partial charge in [0.15, 0.2) is 0 Å². The standard InChI is InChI=1S/C10H21NO/c1-4-10(3)9-11(5-2)7-6-8-12/h8,10H,4-7,9H2,1-3H3. The summed E-state index contributed by atoms with van der Waals surface area (Å²) in [7, 11) is 0. The Labute approximate surface area is 75.9 Å². The maximum absolute atomic E-state index is 10.2. The molecule has 2 nitrogen and oxygen atoms in total. The molecule has 0 aliphatic heterocycles. The molecular formula is C10H21NO. The number of rotatable bonds is 7. The number of aldehydes is 1. The van der Waals surface area contributed by atoms with E-state index in [1.165, 1.54) is 6.42 Å². The van der Waals surface area contributed by atoms with Gasteiger partial charge in [0.05, 0.1) is 0 Å². The van der Waals surface area contributed by atoms with Crippen molar-refractivity contribution < 1.29 is 4.79 Å². The van der Waals surface area contributed by atoms with E-state index in [2.05, 4.69) is 25.7 Å². The first-order valence-corrected chi connectivity index (χ1v) is 4.90. The van der Waals surface area contributed by atoms with Gasteiger partial charge >= 0.3 is 0 Å². The van der Waals surface area contributed by atoms with Crippen molar-refractivity contribution in [3.63, 3.8) is 0 Å². The molecule has 0 aliphatic carbocycles. The first-order valence-electron chi connectivity index (χ1n) is 4.90. The van der Waals surface area contributed by atoms with Gasteiger partial charge in [0.2, 0.25) is 0 Å². The first kappa shape index (κ1) is 11.6. The minimum atomic E-state index is 0.671. The molecule has 12 heavy (non-hydrogen) atoms. The third-order valence-electron chi connectivity index (χ3n) is 2.28. The maximum atomic E-state index is 10.2. The van der Waals surface area contributed by atoms with Crippen LogP contribution < -0.4 is 0 Å². The minimum Gasteiger partial charge on any atom is -0.303 e. The number of carbonyl (C=O) groups excluding carboxylic acids is 1. The van der Waals surface area contributed by atoms with Crippen molar-refractivity contribution in [1.82, 2.24) is 4.90 Å². The second kappa shape index (κ2) is 7.29. The maximum Gasteiger partial charge on any atom is 0.121 e. The van der Waals surface area contributed by atoms with E-state index in [-0.39, 0.29) is 0 Å². The van der Waals surface area contributed by atoms with Gasteiger partial charge in [0.1, 0.15) is 6.29 Å². The van der Waals surface area contributed by atoms with Gasteiger partial charge < -0.3 is 9.69 Å². The summed E-state index contributed by atoms with van der Waals surface area (Å²) < 4.78 is 0. The molecule has 2 heteroatoms. The zero-order chi connectivity index (χ0) is 9.40. The molecule has 0 spiro atoms. The third kappa shape index (κ3) is 5.30. The summed E-state index contributed by atoms with van der Waals surface area (Å²) in [6.45, 7) is 9.71. The fourth-order valence-corrected chi connectivity index (χ4v) is 1.18. The largest absolute Gasteiger partial charge is 0.303 e. The zero-order valence-electron chi connectivity index (χ0n) is 8.55. The van der Waals surface area contributed by atoms with Crippen molar-refractivity contribution in [3.05, 3.63) is 0 Å². The summed E-state index contributed by atoms with van der Waals surface area (Å²) in [4.78, 5) is 12.5. The lowest BCUT2D eigenvalue weighted by atomic mass is 10.1. The fraction of sp³-hybridized carbons (Fsp3) is 0.900. The average Bonchev–Trinajstić information content (AvgIpc) is 2.11. The molecule has 0 heterocycles. The van der Waals surface area contributed by atoms with Crippen LogP contribution in [-0.4, -0.2) is 30.8 Å². The Hall–Kier alpha value is -0.370. The lowest BCUT2D eigenvalue weighted by molar-refractivity contribution is -0.108. The van der Waals surface area contributed by atoms with Gasteiger partial charge in [-0.15, -0.1) is 0 Å². The second-order valence-corrected chi connectivity index (χ2v) is 3.36. The molecule has 0 fully saturated rings. The second-order valence-electron chi connectivity index (χ2n) is 3.36. The molecule has 72 valence electrons. The summed E-state index contributed by atoms with van der Waals surface area (Å²) in [6, 6.07) is 0. The summed E-state index contributed by atoms with van der Waals surface area (Å²) in [6.07, 6.45) is 2.89. The van der Waals surface area contributed by atoms with E-state index in [1.807, 2.05) is 0 Å². The van der Waals surface area contributed by atoms with Crippen LogP contribution in [0.15, 0.2) is 0 Å². The van der Waals surface area contributed by atoms with Gasteiger partial charge in [-0.25, -0.2) is 0 Å². The van der Waals surface area contributed by atoms with Crippen molar-refractivity contribution in [2.45, 2.75) is 33.6 Å². The molecule has 0 aliphatic rings. The quantitative estimate of drug-likeness (QED) is 0.546. The molecule has 0 aromatic heterocycles. The third-order valence-corrected chi connectivity index (χ3v) is 2.28. The van der Waals surface area contributed by atoms with E-state index in [0.29, 0.717) is 6.42 Å². The van der Waals surface area contributed by atoms with Crippen molar-refractivity contribution >= 4 is 6.29 Å². The molecule has 0 saturated carbocycles. The summed E-state index contributed by atoms with van der Waals surface area (Å²) in [5.74, 6) is 0.747. The summed E-state index contributed by atoms with van der Waals surface area (Å²) in [5, 5.41) is 0.